The molecular formula is C25H29N3O6. The van der Waals surface area contributed by atoms with Gasteiger partial charge in [-0.2, -0.15) is 0 Å². The number of aliphatic hydroxyl groups is 2. The van der Waals surface area contributed by atoms with Crippen LogP contribution in [0, 0.1) is 5.92 Å². The molecule has 3 atom stereocenters. The lowest BCUT2D eigenvalue weighted by atomic mass is 9.82. The molecule has 1 aromatic carbocycles. The van der Waals surface area contributed by atoms with Gasteiger partial charge in [0, 0.05) is 42.0 Å². The Morgan fingerprint density at radius 3 is 2.88 bits per heavy atom. The molecule has 9 nitrogen and oxygen atoms in total. The van der Waals surface area contributed by atoms with Gasteiger partial charge in [0.2, 0.25) is 5.91 Å². The lowest BCUT2D eigenvalue weighted by molar-refractivity contribution is -0.137. The molecule has 1 saturated heterocycles. The van der Waals surface area contributed by atoms with Crippen molar-refractivity contribution in [2.75, 3.05) is 25.6 Å². The number of benzene rings is 1. The van der Waals surface area contributed by atoms with Gasteiger partial charge in [-0.1, -0.05) is 19.1 Å². The van der Waals surface area contributed by atoms with E-state index in [-0.39, 0.29) is 36.3 Å². The highest BCUT2D eigenvalue weighted by Crippen LogP contribution is 2.42. The summed E-state index contributed by atoms with van der Waals surface area (Å²) in [6.07, 6.45) is 6.66. The third-order valence-corrected chi connectivity index (χ3v) is 6.70. The summed E-state index contributed by atoms with van der Waals surface area (Å²) in [5.74, 6) is -1.13. The number of carbonyl (C=O) groups excluding carboxylic acids is 2. The van der Waals surface area contributed by atoms with Crippen LogP contribution in [0.25, 0.3) is 5.69 Å². The number of amides is 2. The third kappa shape index (κ3) is 4.01. The number of anilines is 1. The molecule has 2 aliphatic heterocycles. The number of hydrogen-bond donors (Lipinski definition) is 3. The van der Waals surface area contributed by atoms with Gasteiger partial charge in [-0.3, -0.25) is 19.0 Å². The summed E-state index contributed by atoms with van der Waals surface area (Å²) in [6.45, 7) is 2.27. The average Bonchev–Trinajstić information content (AvgIpc) is 3.42. The molecule has 2 amide bonds. The molecule has 0 saturated carbocycles. The van der Waals surface area contributed by atoms with E-state index in [4.69, 9.17) is 4.74 Å². The van der Waals surface area contributed by atoms with Crippen molar-refractivity contribution < 1.29 is 24.5 Å². The van der Waals surface area contributed by atoms with Crippen LogP contribution in [0.15, 0.2) is 53.5 Å². The van der Waals surface area contributed by atoms with E-state index >= 15 is 0 Å². The molecular weight excluding hydrogens is 438 g/mol. The van der Waals surface area contributed by atoms with Crippen molar-refractivity contribution >= 4 is 17.5 Å². The number of aliphatic hydroxyl groups excluding tert-OH is 1. The zero-order valence-electron chi connectivity index (χ0n) is 19.2. The van der Waals surface area contributed by atoms with E-state index in [0.717, 1.165) is 12.8 Å². The van der Waals surface area contributed by atoms with E-state index in [9.17, 15) is 24.6 Å². The molecule has 1 aromatic heterocycles. The number of ether oxygens (including phenoxy) is 1. The minimum Gasteiger partial charge on any atom is -0.491 e. The van der Waals surface area contributed by atoms with Crippen LogP contribution in [0.5, 0.6) is 5.75 Å². The van der Waals surface area contributed by atoms with Crippen LogP contribution in [-0.4, -0.2) is 57.8 Å². The molecule has 0 bridgehead atoms. The Morgan fingerprint density at radius 2 is 2.15 bits per heavy atom. The first-order valence-corrected chi connectivity index (χ1v) is 11.3. The van der Waals surface area contributed by atoms with Crippen LogP contribution in [0.3, 0.4) is 0 Å². The zero-order valence-corrected chi connectivity index (χ0v) is 19.2. The summed E-state index contributed by atoms with van der Waals surface area (Å²) in [5.41, 5.74) is -0.929. The highest BCUT2D eigenvalue weighted by molar-refractivity contribution is 6.05. The molecule has 9 heteroatoms. The maximum Gasteiger partial charge on any atom is 0.297 e. The summed E-state index contributed by atoms with van der Waals surface area (Å²) in [4.78, 5) is 39.7. The second-order valence-electron chi connectivity index (χ2n) is 8.69. The number of fused-ring (bicyclic) bond motifs is 1. The number of pyridine rings is 1. The Balaban J connectivity index is 1.58. The van der Waals surface area contributed by atoms with Gasteiger partial charge in [-0.25, -0.2) is 0 Å². The minimum atomic E-state index is -1.87. The topological polar surface area (TPSA) is 121 Å². The van der Waals surface area contributed by atoms with Crippen molar-refractivity contribution in [1.29, 1.82) is 0 Å². The molecule has 0 unspecified atom stereocenters. The molecule has 180 valence electrons. The summed E-state index contributed by atoms with van der Waals surface area (Å²) in [5, 5.41) is 23.6. The molecule has 2 aliphatic rings. The SMILES string of the molecule is COc1cccn(-c2ccc3c(c2)[C@](O)([C@@H](C)/C=C/CC(=O)N2CCC[C@H]2CO)C(=O)N3)c1=O. The number of carbonyl (C=O) groups is 2. The van der Waals surface area contributed by atoms with Crippen LogP contribution in [0.1, 0.15) is 31.7 Å². The Labute approximate surface area is 197 Å². The lowest BCUT2D eigenvalue weighted by Gasteiger charge is -2.26. The summed E-state index contributed by atoms with van der Waals surface area (Å²) >= 11 is 0. The Hall–Kier alpha value is -3.43. The van der Waals surface area contributed by atoms with Crippen molar-refractivity contribution in [3.8, 4) is 11.4 Å². The highest BCUT2D eigenvalue weighted by Gasteiger charge is 2.48. The molecule has 0 radical (unpaired) electrons. The maximum atomic E-state index is 12.8. The lowest BCUT2D eigenvalue weighted by Crippen LogP contribution is -2.40. The van der Waals surface area contributed by atoms with Crippen molar-refractivity contribution in [3.63, 3.8) is 0 Å². The second-order valence-corrected chi connectivity index (χ2v) is 8.69. The standard InChI is InChI=1S/C25H29N3O6/c1-16(6-3-9-22(30)27-12-4-7-18(27)15-29)25(33)19-14-17(10-11-20(19)26-24(25)32)28-13-5-8-21(34-2)23(28)31/h3,5-6,8,10-11,13-14,16,18,29,33H,4,7,9,12,15H2,1-2H3,(H,26,32)/b6-3+/t16-,18-,25+/m0/s1. The number of nitrogens with zero attached hydrogens (tertiary/aromatic N) is 2. The van der Waals surface area contributed by atoms with E-state index in [1.807, 2.05) is 0 Å². The fourth-order valence-electron chi connectivity index (χ4n) is 4.71. The van der Waals surface area contributed by atoms with Gasteiger partial charge in [0.1, 0.15) is 0 Å². The monoisotopic (exact) mass is 467 g/mol. The third-order valence-electron chi connectivity index (χ3n) is 6.70. The zero-order chi connectivity index (χ0) is 24.5. The molecule has 1 fully saturated rings. The van der Waals surface area contributed by atoms with E-state index in [0.29, 0.717) is 23.5 Å². The molecule has 0 spiro atoms. The normalized spacial score (nSPS) is 22.6. The number of methoxy groups -OCH3 is 1. The maximum absolute atomic E-state index is 12.8. The molecule has 4 rings (SSSR count). The van der Waals surface area contributed by atoms with Crippen LogP contribution >= 0.6 is 0 Å². The predicted molar refractivity (Wildman–Crippen MR) is 126 cm³/mol. The number of aromatic nitrogens is 1. The molecule has 0 aliphatic carbocycles. The molecule has 2 aromatic rings. The van der Waals surface area contributed by atoms with E-state index in [2.05, 4.69) is 5.32 Å². The summed E-state index contributed by atoms with van der Waals surface area (Å²) < 4.78 is 6.49. The van der Waals surface area contributed by atoms with Crippen LogP contribution in [0.2, 0.25) is 0 Å². The van der Waals surface area contributed by atoms with E-state index in [1.54, 1.807) is 60.5 Å². The number of hydrogen-bond acceptors (Lipinski definition) is 6. The largest absolute Gasteiger partial charge is 0.491 e. The molecule has 3 N–H and O–H groups in total. The van der Waals surface area contributed by atoms with Gasteiger partial charge < -0.3 is 25.2 Å². The first-order chi connectivity index (χ1) is 16.3. The smallest absolute Gasteiger partial charge is 0.297 e. The summed E-state index contributed by atoms with van der Waals surface area (Å²) in [6, 6.07) is 8.03. The van der Waals surface area contributed by atoms with Gasteiger partial charge >= 0.3 is 0 Å². The van der Waals surface area contributed by atoms with Gasteiger partial charge in [0.05, 0.1) is 19.8 Å². The molecule has 34 heavy (non-hydrogen) atoms. The Kier molecular flexibility index (Phi) is 6.58. The van der Waals surface area contributed by atoms with Gasteiger partial charge in [-0.05, 0) is 43.2 Å². The van der Waals surface area contributed by atoms with Gasteiger partial charge in [0.25, 0.3) is 11.5 Å². The number of nitrogens with one attached hydrogen (secondary N) is 1. The van der Waals surface area contributed by atoms with E-state index in [1.165, 1.54) is 11.7 Å². The first kappa shape index (κ1) is 23.7. The first-order valence-electron chi connectivity index (χ1n) is 11.3. The van der Waals surface area contributed by atoms with E-state index < -0.39 is 17.4 Å². The fraction of sp³-hybridized carbons (Fsp3) is 0.400. The van der Waals surface area contributed by atoms with Crippen molar-refractivity contribution in [1.82, 2.24) is 9.47 Å². The van der Waals surface area contributed by atoms with Crippen LogP contribution in [0.4, 0.5) is 5.69 Å². The predicted octanol–water partition coefficient (Wildman–Crippen LogP) is 1.55. The van der Waals surface area contributed by atoms with Crippen molar-refractivity contribution in [2.24, 2.45) is 5.92 Å². The average molecular weight is 468 g/mol. The number of rotatable bonds is 7. The van der Waals surface area contributed by atoms with Gasteiger partial charge in [0.15, 0.2) is 11.4 Å². The molecule has 3 heterocycles. The van der Waals surface area contributed by atoms with Crippen LogP contribution in [-0.2, 0) is 15.2 Å². The summed E-state index contributed by atoms with van der Waals surface area (Å²) in [7, 11) is 1.41. The van der Waals surface area contributed by atoms with Crippen molar-refractivity contribution in [3.05, 3.63) is 64.6 Å². The Bertz CT molecular complexity index is 1190. The quantitative estimate of drug-likeness (QED) is 0.532. The van der Waals surface area contributed by atoms with Gasteiger partial charge in [-0.15, -0.1) is 0 Å². The van der Waals surface area contributed by atoms with Crippen LogP contribution < -0.4 is 15.6 Å². The number of likely N-dealkylation sites (tertiary alicyclic amines) is 1. The Morgan fingerprint density at radius 1 is 1.35 bits per heavy atom. The second kappa shape index (κ2) is 9.44. The van der Waals surface area contributed by atoms with Crippen molar-refractivity contribution in [2.45, 2.75) is 37.8 Å². The fourth-order valence-corrected chi connectivity index (χ4v) is 4.71. The highest BCUT2D eigenvalue weighted by atomic mass is 16.5. The minimum absolute atomic E-state index is 0.0543.